The molecule has 0 unspecified atom stereocenters. The average Bonchev–Trinajstić information content (AvgIpc) is 2.79. The summed E-state index contributed by atoms with van der Waals surface area (Å²) in [4.78, 5) is 37.9. The Morgan fingerprint density at radius 1 is 1.29 bits per heavy atom. The first-order chi connectivity index (χ1) is 12.2. The lowest BCUT2D eigenvalue weighted by atomic mass is 10.1. The molecule has 0 fully saturated rings. The third-order valence-electron chi connectivity index (χ3n) is 3.22. The first-order valence-electron chi connectivity index (χ1n) is 8.29. The predicted molar refractivity (Wildman–Crippen MR) is 88.9 cm³/mol. The highest BCUT2D eigenvalue weighted by molar-refractivity contribution is 7.50. The maximum atomic E-state index is 11.4. The monoisotopic (exact) mass is 381 g/mol. The smallest absolute Gasteiger partial charge is 0.404 e. The Balaban J connectivity index is 2.52. The summed E-state index contributed by atoms with van der Waals surface area (Å²) in [6.07, 6.45) is 0.933. The van der Waals surface area contributed by atoms with Crippen molar-refractivity contribution in [3.8, 4) is 5.75 Å². The lowest BCUT2D eigenvalue weighted by molar-refractivity contribution is 0.284. The van der Waals surface area contributed by atoms with Crippen molar-refractivity contribution >= 4 is 26.3 Å². The molecule has 0 saturated heterocycles. The minimum absolute atomic E-state index is 0.0791. The van der Waals surface area contributed by atoms with Crippen LogP contribution in [0.4, 0.5) is 0 Å². The van der Waals surface area contributed by atoms with Gasteiger partial charge >= 0.3 is 15.4 Å². The maximum absolute atomic E-state index is 11.4. The molecule has 0 aliphatic rings. The molecule has 2 aromatic rings. The minimum atomic E-state index is -4.87. The molecule has 24 heavy (non-hydrogen) atoms. The van der Waals surface area contributed by atoms with Crippen LogP contribution >= 0.6 is 15.4 Å². The number of nitrogens with zero attached hydrogens (tertiary/aromatic N) is 2. The highest BCUT2D eigenvalue weighted by Crippen LogP contribution is 2.44. The lowest BCUT2D eigenvalue weighted by Crippen LogP contribution is -2.15. The Morgan fingerprint density at radius 3 is 2.58 bits per heavy atom. The molecule has 11 heteroatoms. The molecule has 0 aliphatic heterocycles. The molecule has 0 radical (unpaired) electrons. The molecule has 9 nitrogen and oxygen atoms in total. The van der Waals surface area contributed by atoms with Crippen LogP contribution in [0.5, 0.6) is 5.75 Å². The summed E-state index contributed by atoms with van der Waals surface area (Å²) in [5.74, 6) is -0.156. The van der Waals surface area contributed by atoms with E-state index >= 15 is 0 Å². The Labute approximate surface area is 143 Å². The Morgan fingerprint density at radius 2 is 2.00 bits per heavy atom. The third kappa shape index (κ3) is 5.16. The minimum Gasteiger partial charge on any atom is -0.404 e. The zero-order chi connectivity index (χ0) is 20.6. The van der Waals surface area contributed by atoms with Gasteiger partial charge in [0.2, 0.25) is 0 Å². The number of phosphoric acid groups is 1. The number of likely N-dealkylation sites (N-methyl/N-ethyl adjacent to an activating group) is 1. The van der Waals surface area contributed by atoms with Gasteiger partial charge in [0.1, 0.15) is 12.0 Å². The van der Waals surface area contributed by atoms with E-state index in [1.165, 1.54) is 36.0 Å². The Hall–Kier alpha value is -1.18. The third-order valence-corrected chi connectivity index (χ3v) is 4.32. The van der Waals surface area contributed by atoms with Crippen molar-refractivity contribution in [1.29, 1.82) is 0 Å². The van der Waals surface area contributed by atoms with E-state index in [9.17, 15) is 18.9 Å². The first-order valence-corrected chi connectivity index (χ1v) is 10.1. The van der Waals surface area contributed by atoms with Gasteiger partial charge in [-0.3, -0.25) is 14.4 Å². The van der Waals surface area contributed by atoms with Crippen molar-refractivity contribution in [2.45, 2.75) is 12.7 Å². The highest BCUT2D eigenvalue weighted by atomic mass is 31.2. The zero-order valence-electron chi connectivity index (χ0n) is 15.7. The fraction of sp³-hybridized carbons (Fsp3) is 0.385. The molecule has 0 amide bonds. The van der Waals surface area contributed by atoms with Gasteiger partial charge < -0.3 is 23.8 Å². The molecular weight excluding hydrogens is 358 g/mol. The van der Waals surface area contributed by atoms with Gasteiger partial charge in [0, 0.05) is 22.2 Å². The molecule has 4 N–H and O–H groups in total. The van der Waals surface area contributed by atoms with E-state index in [1.807, 2.05) is 0 Å². The van der Waals surface area contributed by atoms with E-state index in [1.54, 1.807) is 0 Å². The normalized spacial score (nSPS) is 15.3. The van der Waals surface area contributed by atoms with Gasteiger partial charge in [0.05, 0.1) is 5.52 Å². The van der Waals surface area contributed by atoms with Gasteiger partial charge in [-0.1, -0.05) is 6.07 Å². The molecule has 0 aliphatic carbocycles. The first kappa shape index (κ1) is 15.1. The SMILES string of the molecule is [2H]C([2H])([2H])N(C)CCc1cn(CP(=O)(O)O)c2cccc(OP(=O)(O)O)c12. The number of hydrogen-bond donors (Lipinski definition) is 4. The van der Waals surface area contributed by atoms with Gasteiger partial charge in [0.15, 0.2) is 0 Å². The molecule has 1 aromatic carbocycles. The van der Waals surface area contributed by atoms with E-state index in [0.717, 1.165) is 4.90 Å². The van der Waals surface area contributed by atoms with E-state index in [0.29, 0.717) is 11.1 Å². The predicted octanol–water partition coefficient (Wildman–Crippen LogP) is 1.35. The van der Waals surface area contributed by atoms with Crippen molar-refractivity contribution in [3.05, 3.63) is 30.0 Å². The van der Waals surface area contributed by atoms with Crippen LogP contribution in [0.3, 0.4) is 0 Å². The summed E-state index contributed by atoms with van der Waals surface area (Å²) in [6.45, 7) is -2.24. The summed E-state index contributed by atoms with van der Waals surface area (Å²) in [5, 5.41) is 0.258. The number of fused-ring (bicyclic) bond motifs is 1. The number of rotatable bonds is 7. The van der Waals surface area contributed by atoms with Crippen LogP contribution in [0.2, 0.25) is 0 Å². The zero-order valence-corrected chi connectivity index (χ0v) is 14.5. The number of phosphoric ester groups is 1. The number of hydrogen-bond acceptors (Lipinski definition) is 4. The average molecular weight is 381 g/mol. The maximum Gasteiger partial charge on any atom is 0.524 e. The summed E-state index contributed by atoms with van der Waals surface area (Å²) in [7, 11) is -7.90. The van der Waals surface area contributed by atoms with Crippen molar-refractivity contribution in [2.75, 3.05) is 20.6 Å². The highest BCUT2D eigenvalue weighted by Gasteiger charge is 2.23. The van der Waals surface area contributed by atoms with Gasteiger partial charge in [-0.25, -0.2) is 4.57 Å². The largest absolute Gasteiger partial charge is 0.524 e. The van der Waals surface area contributed by atoms with E-state index in [4.69, 9.17) is 18.4 Å². The van der Waals surface area contributed by atoms with Gasteiger partial charge in [-0.05, 0) is 38.1 Å². The molecule has 134 valence electrons. The van der Waals surface area contributed by atoms with Crippen molar-refractivity contribution < 1.29 is 37.3 Å². The second kappa shape index (κ2) is 6.98. The quantitative estimate of drug-likeness (QED) is 0.529. The van der Waals surface area contributed by atoms with Crippen LogP contribution in [0.1, 0.15) is 9.68 Å². The number of benzene rings is 1. The standard InChI is InChI=1S/C13H20N2O7P2/c1-14(2)7-6-10-8-15(9-23(16,17)18)11-4-3-5-12(13(10)11)22-24(19,20)21/h3-5,8H,6-7,9H2,1-2H3,(H2,16,17,18)(H2,19,20,21)/i1D3. The molecule has 0 atom stereocenters. The summed E-state index contributed by atoms with van der Waals surface area (Å²) in [6, 6.07) is 4.27. The number of aromatic nitrogens is 1. The van der Waals surface area contributed by atoms with Gasteiger partial charge in [0.25, 0.3) is 0 Å². The molecule has 0 bridgehead atoms. The van der Waals surface area contributed by atoms with Gasteiger partial charge in [-0.15, -0.1) is 0 Å². The van der Waals surface area contributed by atoms with E-state index in [-0.39, 0.29) is 24.1 Å². The molecular formula is C13H20N2O7P2. The Bertz CT molecular complexity index is 919. The van der Waals surface area contributed by atoms with Crippen LogP contribution in [0, 0.1) is 0 Å². The fourth-order valence-corrected chi connectivity index (χ4v) is 3.44. The Kier molecular flexibility index (Phi) is 4.39. The summed E-state index contributed by atoms with van der Waals surface area (Å²) in [5.41, 5.74) is 0.745. The molecule has 2 rings (SSSR count). The topological polar surface area (TPSA) is 132 Å². The molecule has 1 heterocycles. The second-order valence-corrected chi connectivity index (χ2v) is 8.11. The van der Waals surface area contributed by atoms with Crippen LogP contribution in [-0.2, 0) is 21.8 Å². The van der Waals surface area contributed by atoms with Crippen LogP contribution in [-0.4, -0.2) is 49.6 Å². The molecule has 0 saturated carbocycles. The molecule has 1 aromatic heterocycles. The molecule has 0 spiro atoms. The van der Waals surface area contributed by atoms with Crippen LogP contribution in [0.25, 0.3) is 10.9 Å². The fourth-order valence-electron chi connectivity index (χ4n) is 2.40. The van der Waals surface area contributed by atoms with E-state index in [2.05, 4.69) is 0 Å². The summed E-state index contributed by atoms with van der Waals surface area (Å²) < 4.78 is 50.7. The van der Waals surface area contributed by atoms with Crippen LogP contribution < -0.4 is 4.52 Å². The second-order valence-electron chi connectivity index (χ2n) is 5.33. The van der Waals surface area contributed by atoms with Crippen LogP contribution in [0.15, 0.2) is 24.4 Å². The van der Waals surface area contributed by atoms with Gasteiger partial charge in [-0.2, -0.15) is 0 Å². The van der Waals surface area contributed by atoms with Crippen molar-refractivity contribution in [2.24, 2.45) is 0 Å². The van der Waals surface area contributed by atoms with Crippen molar-refractivity contribution in [3.63, 3.8) is 0 Å². The van der Waals surface area contributed by atoms with Crippen molar-refractivity contribution in [1.82, 2.24) is 9.47 Å². The lowest BCUT2D eigenvalue weighted by Gasteiger charge is -2.11. The summed E-state index contributed by atoms with van der Waals surface area (Å²) >= 11 is 0. The van der Waals surface area contributed by atoms with E-state index < -0.39 is 28.7 Å².